The maximum Gasteiger partial charge on any atom is 0.337 e. The molecule has 0 saturated carbocycles. The number of fused-ring (bicyclic) bond motifs is 1. The summed E-state index contributed by atoms with van der Waals surface area (Å²) in [5.74, 6) is 0.869. The number of nitrogens with one attached hydrogen (secondary N) is 2. The minimum Gasteiger partial charge on any atom is -0.466 e. The first-order valence-corrected chi connectivity index (χ1v) is 7.67. The van der Waals surface area contributed by atoms with Gasteiger partial charge in [-0.05, 0) is 36.8 Å². The van der Waals surface area contributed by atoms with Crippen molar-refractivity contribution in [3.8, 4) is 11.5 Å². The molecule has 3 rings (SSSR count). The molecule has 2 heterocycles. The van der Waals surface area contributed by atoms with Crippen LogP contribution in [0, 0.1) is 0 Å². The summed E-state index contributed by atoms with van der Waals surface area (Å²) in [4.78, 5) is 12.1. The number of allylic oxidation sites excluding steroid dienone is 1. The molecule has 22 heavy (non-hydrogen) atoms. The summed E-state index contributed by atoms with van der Waals surface area (Å²) in [5.41, 5.74) is 1.94. The van der Waals surface area contributed by atoms with E-state index in [0.29, 0.717) is 27.9 Å². The van der Waals surface area contributed by atoms with Gasteiger partial charge in [0.15, 0.2) is 16.6 Å². The predicted octanol–water partition coefficient (Wildman–Crippen LogP) is 2.14. The number of hydrogen-bond acceptors (Lipinski definition) is 5. The van der Waals surface area contributed by atoms with Gasteiger partial charge in [0.2, 0.25) is 6.79 Å². The van der Waals surface area contributed by atoms with E-state index in [1.165, 1.54) is 7.11 Å². The molecule has 0 unspecified atom stereocenters. The second-order valence-electron chi connectivity index (χ2n) is 4.79. The number of esters is 1. The van der Waals surface area contributed by atoms with Crippen LogP contribution in [0.15, 0.2) is 27.9 Å². The first-order valence-electron chi connectivity index (χ1n) is 6.47. The fourth-order valence-corrected chi connectivity index (χ4v) is 3.28. The zero-order valence-electron chi connectivity index (χ0n) is 11.9. The van der Waals surface area contributed by atoms with Crippen molar-refractivity contribution in [2.45, 2.75) is 13.0 Å². The van der Waals surface area contributed by atoms with Crippen LogP contribution in [0.3, 0.4) is 0 Å². The van der Waals surface area contributed by atoms with Gasteiger partial charge in [-0.15, -0.1) is 0 Å². The Morgan fingerprint density at radius 2 is 2.09 bits per heavy atom. The lowest BCUT2D eigenvalue weighted by molar-refractivity contribution is -0.136. The van der Waals surface area contributed by atoms with Crippen molar-refractivity contribution in [2.24, 2.45) is 0 Å². The number of rotatable bonds is 2. The number of ether oxygens (including phenoxy) is 3. The summed E-state index contributed by atoms with van der Waals surface area (Å²) in [6.07, 6.45) is 0. The van der Waals surface area contributed by atoms with E-state index in [4.69, 9.17) is 26.4 Å². The molecule has 0 radical (unpaired) electrons. The molecule has 2 aliphatic heterocycles. The zero-order valence-corrected chi connectivity index (χ0v) is 14.3. The fraction of sp³-hybridized carbons (Fsp3) is 0.286. The average Bonchev–Trinajstić information content (AvgIpc) is 2.91. The topological polar surface area (TPSA) is 68.8 Å². The maximum absolute atomic E-state index is 12.1. The van der Waals surface area contributed by atoms with E-state index in [2.05, 4.69) is 26.6 Å². The van der Waals surface area contributed by atoms with Crippen molar-refractivity contribution < 1.29 is 19.0 Å². The van der Waals surface area contributed by atoms with Crippen molar-refractivity contribution in [1.29, 1.82) is 0 Å². The van der Waals surface area contributed by atoms with Crippen LogP contribution in [0.4, 0.5) is 0 Å². The van der Waals surface area contributed by atoms with Crippen LogP contribution in [0.25, 0.3) is 0 Å². The van der Waals surface area contributed by atoms with Gasteiger partial charge < -0.3 is 24.8 Å². The molecule has 0 fully saturated rings. The molecule has 0 saturated heterocycles. The molecule has 0 aromatic heterocycles. The minimum absolute atomic E-state index is 0.183. The Labute approximate surface area is 140 Å². The minimum atomic E-state index is -0.440. The second kappa shape index (κ2) is 5.77. The highest BCUT2D eigenvalue weighted by molar-refractivity contribution is 9.10. The highest BCUT2D eigenvalue weighted by Gasteiger charge is 2.33. The molecule has 0 spiro atoms. The highest BCUT2D eigenvalue weighted by atomic mass is 79.9. The van der Waals surface area contributed by atoms with E-state index in [-0.39, 0.29) is 6.79 Å². The van der Waals surface area contributed by atoms with Crippen LogP contribution < -0.4 is 20.1 Å². The quantitative estimate of drug-likeness (QED) is 0.597. The number of methoxy groups -OCH3 is 1. The molecule has 1 atom stereocenters. The molecule has 8 heteroatoms. The molecule has 6 nitrogen and oxygen atoms in total. The number of carbonyl (C=O) groups is 1. The lowest BCUT2D eigenvalue weighted by atomic mass is 9.95. The Bertz CT molecular complexity index is 704. The Balaban J connectivity index is 2.10. The molecule has 1 aromatic carbocycles. The van der Waals surface area contributed by atoms with Crippen LogP contribution in [0.5, 0.6) is 11.5 Å². The number of thiocarbonyl (C=S) groups is 1. The van der Waals surface area contributed by atoms with Crippen LogP contribution in [0.2, 0.25) is 0 Å². The van der Waals surface area contributed by atoms with Gasteiger partial charge in [0.25, 0.3) is 0 Å². The Morgan fingerprint density at radius 1 is 1.41 bits per heavy atom. The number of benzene rings is 1. The van der Waals surface area contributed by atoms with E-state index in [0.717, 1.165) is 10.0 Å². The monoisotopic (exact) mass is 384 g/mol. The third-order valence-electron chi connectivity index (χ3n) is 3.48. The van der Waals surface area contributed by atoms with Gasteiger partial charge in [0.05, 0.1) is 18.7 Å². The Morgan fingerprint density at radius 3 is 2.77 bits per heavy atom. The second-order valence-corrected chi connectivity index (χ2v) is 6.05. The van der Waals surface area contributed by atoms with Crippen LogP contribution in [0.1, 0.15) is 18.5 Å². The summed E-state index contributed by atoms with van der Waals surface area (Å²) in [5, 5.41) is 6.48. The van der Waals surface area contributed by atoms with E-state index in [1.54, 1.807) is 6.92 Å². The number of carbonyl (C=O) groups excluding carboxylic acids is 1. The van der Waals surface area contributed by atoms with Crippen molar-refractivity contribution >= 4 is 39.2 Å². The van der Waals surface area contributed by atoms with Gasteiger partial charge in [-0.3, -0.25) is 0 Å². The molecule has 0 aliphatic carbocycles. The molecule has 0 amide bonds. The first-order chi connectivity index (χ1) is 10.5. The molecule has 0 bridgehead atoms. The van der Waals surface area contributed by atoms with Gasteiger partial charge in [-0.2, -0.15) is 0 Å². The van der Waals surface area contributed by atoms with Crippen molar-refractivity contribution in [3.05, 3.63) is 33.4 Å². The van der Waals surface area contributed by atoms with Crippen molar-refractivity contribution in [2.75, 3.05) is 13.9 Å². The van der Waals surface area contributed by atoms with E-state index < -0.39 is 12.0 Å². The first kappa shape index (κ1) is 15.1. The van der Waals surface area contributed by atoms with Gasteiger partial charge in [-0.1, -0.05) is 15.9 Å². The van der Waals surface area contributed by atoms with Crippen molar-refractivity contribution in [1.82, 2.24) is 10.6 Å². The summed E-state index contributed by atoms with van der Waals surface area (Å²) in [6.45, 7) is 1.97. The highest BCUT2D eigenvalue weighted by Crippen LogP contribution is 2.41. The van der Waals surface area contributed by atoms with E-state index in [1.807, 2.05) is 12.1 Å². The molecule has 2 aliphatic rings. The molecule has 2 N–H and O–H groups in total. The smallest absolute Gasteiger partial charge is 0.337 e. The summed E-state index contributed by atoms with van der Waals surface area (Å²) in [7, 11) is 1.35. The van der Waals surface area contributed by atoms with Crippen molar-refractivity contribution in [3.63, 3.8) is 0 Å². The van der Waals surface area contributed by atoms with Gasteiger partial charge in [0.1, 0.15) is 0 Å². The standard InChI is InChI=1S/C14H13BrN2O4S/c1-6-11(13(18)19-2)12(17-14(22)16-6)7-3-9-10(4-8(7)15)21-5-20-9/h3-4,12H,5H2,1-2H3,(H2,16,17,22)/t12-/m0/s1. The molecular weight excluding hydrogens is 372 g/mol. The van der Waals surface area contributed by atoms with E-state index >= 15 is 0 Å². The zero-order chi connectivity index (χ0) is 15.9. The SMILES string of the molecule is COC(=O)C1=C(C)NC(=S)N[C@H]1c1cc2c(cc1Br)OCO2. The summed E-state index contributed by atoms with van der Waals surface area (Å²) >= 11 is 8.71. The number of hydrogen-bond donors (Lipinski definition) is 2. The molecular formula is C14H13BrN2O4S. The Hall–Kier alpha value is -1.80. The van der Waals surface area contributed by atoms with Gasteiger partial charge in [0, 0.05) is 10.2 Å². The lowest BCUT2D eigenvalue weighted by Crippen LogP contribution is -2.45. The Kier molecular flexibility index (Phi) is 3.96. The normalized spacial score (nSPS) is 19.6. The van der Waals surface area contributed by atoms with Crippen LogP contribution in [-0.2, 0) is 9.53 Å². The van der Waals surface area contributed by atoms with Gasteiger partial charge in [-0.25, -0.2) is 4.79 Å². The third-order valence-corrected chi connectivity index (χ3v) is 4.38. The van der Waals surface area contributed by atoms with Gasteiger partial charge >= 0.3 is 5.97 Å². The number of halogens is 1. The largest absolute Gasteiger partial charge is 0.466 e. The maximum atomic E-state index is 12.1. The molecule has 1 aromatic rings. The fourth-order valence-electron chi connectivity index (χ4n) is 2.46. The lowest BCUT2D eigenvalue weighted by Gasteiger charge is -2.30. The molecule has 116 valence electrons. The third kappa shape index (κ3) is 2.52. The average molecular weight is 385 g/mol. The van der Waals surface area contributed by atoms with Crippen LogP contribution in [-0.4, -0.2) is 25.0 Å². The van der Waals surface area contributed by atoms with Crippen LogP contribution >= 0.6 is 28.1 Å². The summed E-state index contributed by atoms with van der Waals surface area (Å²) in [6, 6.07) is 3.20. The van der Waals surface area contributed by atoms with E-state index in [9.17, 15) is 4.79 Å². The predicted molar refractivity (Wildman–Crippen MR) is 86.6 cm³/mol. The summed E-state index contributed by atoms with van der Waals surface area (Å²) < 4.78 is 16.4.